The molecule has 2 fully saturated rings. The maximum Gasteiger partial charge on any atom is 0.253 e. The molecule has 166 valence electrons. The fourth-order valence-electron chi connectivity index (χ4n) is 4.33. The topological polar surface area (TPSA) is 53.4 Å². The van der Waals surface area contributed by atoms with Crippen molar-refractivity contribution in [2.24, 2.45) is 0 Å². The number of alkyl halides is 1. The number of nitrogens with zero attached hydrogens (tertiary/aromatic N) is 2. The van der Waals surface area contributed by atoms with E-state index in [1.165, 1.54) is 0 Å². The van der Waals surface area contributed by atoms with Crippen LogP contribution in [0.15, 0.2) is 48.0 Å². The van der Waals surface area contributed by atoms with Crippen LogP contribution in [-0.4, -0.2) is 40.1 Å². The summed E-state index contributed by atoms with van der Waals surface area (Å²) in [5.41, 5.74) is 2.59. The molecule has 0 radical (unpaired) electrons. The number of hydrogen-bond acceptors (Lipinski definition) is 4. The minimum absolute atomic E-state index is 0.0577. The lowest BCUT2D eigenvalue weighted by Gasteiger charge is -2.33. The Balaban J connectivity index is 1.36. The zero-order valence-electron chi connectivity index (χ0n) is 17.6. The molecule has 32 heavy (non-hydrogen) atoms. The second kappa shape index (κ2) is 8.58. The van der Waals surface area contributed by atoms with Crippen LogP contribution in [0.1, 0.15) is 48.2 Å². The van der Waals surface area contributed by atoms with Gasteiger partial charge in [-0.25, -0.2) is 4.39 Å². The van der Waals surface area contributed by atoms with Crippen LogP contribution in [-0.2, 0) is 5.67 Å². The van der Waals surface area contributed by atoms with Gasteiger partial charge in [0.2, 0.25) is 0 Å². The van der Waals surface area contributed by atoms with Crippen LogP contribution in [0.5, 0.6) is 0 Å². The minimum atomic E-state index is -1.28. The van der Waals surface area contributed by atoms with E-state index in [-0.39, 0.29) is 12.0 Å². The molecular formula is C25H24ClFN2O2S. The van der Waals surface area contributed by atoms with Crippen molar-refractivity contribution in [2.75, 3.05) is 13.1 Å². The SMILES string of the molecule is O=C(c1ccc(-c2cc(-c3ccnc(C4(F)CCC4)c3)cs2)c(Cl)c1)N1CCC(O)CC1. The van der Waals surface area contributed by atoms with E-state index in [0.29, 0.717) is 55.1 Å². The highest BCUT2D eigenvalue weighted by atomic mass is 35.5. The number of aromatic nitrogens is 1. The summed E-state index contributed by atoms with van der Waals surface area (Å²) in [6, 6.07) is 11.2. The Morgan fingerprint density at radius 3 is 2.62 bits per heavy atom. The Bertz CT molecular complexity index is 1150. The molecule has 1 saturated heterocycles. The number of benzene rings is 1. The quantitative estimate of drug-likeness (QED) is 0.503. The molecule has 0 atom stereocenters. The van der Waals surface area contributed by atoms with Crippen molar-refractivity contribution >= 4 is 28.8 Å². The molecule has 3 heterocycles. The highest BCUT2D eigenvalue weighted by Gasteiger charge is 2.40. The number of aliphatic hydroxyl groups excluding tert-OH is 1. The highest BCUT2D eigenvalue weighted by molar-refractivity contribution is 7.14. The first-order valence-electron chi connectivity index (χ1n) is 10.9. The highest BCUT2D eigenvalue weighted by Crippen LogP contribution is 2.45. The second-order valence-corrected chi connectivity index (χ2v) is 9.98. The normalized spacial score (nSPS) is 18.4. The Morgan fingerprint density at radius 1 is 1.16 bits per heavy atom. The largest absolute Gasteiger partial charge is 0.393 e. The molecule has 1 aliphatic carbocycles. The number of halogens is 2. The van der Waals surface area contributed by atoms with E-state index in [9.17, 15) is 14.3 Å². The van der Waals surface area contributed by atoms with Gasteiger partial charge in [-0.05, 0) is 78.9 Å². The molecule has 1 amide bonds. The van der Waals surface area contributed by atoms with Gasteiger partial charge in [-0.3, -0.25) is 9.78 Å². The molecule has 1 saturated carbocycles. The summed E-state index contributed by atoms with van der Waals surface area (Å²) >= 11 is 8.14. The van der Waals surface area contributed by atoms with E-state index in [2.05, 4.69) is 4.98 Å². The summed E-state index contributed by atoms with van der Waals surface area (Å²) in [5.74, 6) is -0.0577. The van der Waals surface area contributed by atoms with Crippen LogP contribution < -0.4 is 0 Å². The first kappa shape index (κ1) is 21.6. The molecule has 1 aliphatic heterocycles. The van der Waals surface area contributed by atoms with Gasteiger partial charge < -0.3 is 10.0 Å². The van der Waals surface area contributed by atoms with E-state index in [0.717, 1.165) is 28.0 Å². The van der Waals surface area contributed by atoms with Crippen LogP contribution in [0.4, 0.5) is 4.39 Å². The number of piperidine rings is 1. The number of aliphatic hydroxyl groups is 1. The molecule has 1 N–H and O–H groups in total. The van der Waals surface area contributed by atoms with Gasteiger partial charge in [-0.15, -0.1) is 11.3 Å². The fourth-order valence-corrected chi connectivity index (χ4v) is 5.62. The van der Waals surface area contributed by atoms with E-state index in [1.807, 2.05) is 35.7 Å². The standard InChI is InChI=1S/C25H24ClFN2O2S/c26-21-12-17(24(31)29-10-5-19(30)6-11-29)2-3-20(21)22-13-18(15-32-22)16-4-9-28-23(14-16)25(27)7-1-8-25/h2-4,9,12-15,19,30H,1,5-8,10-11H2. The second-order valence-electron chi connectivity index (χ2n) is 8.67. The van der Waals surface area contributed by atoms with Gasteiger partial charge in [-0.1, -0.05) is 17.7 Å². The van der Waals surface area contributed by atoms with Gasteiger partial charge in [0.1, 0.15) is 0 Å². The van der Waals surface area contributed by atoms with Crippen molar-refractivity contribution in [1.29, 1.82) is 0 Å². The van der Waals surface area contributed by atoms with Crippen molar-refractivity contribution in [3.05, 3.63) is 64.3 Å². The average molecular weight is 471 g/mol. The van der Waals surface area contributed by atoms with Gasteiger partial charge in [0.25, 0.3) is 5.91 Å². The number of amides is 1. The van der Waals surface area contributed by atoms with Crippen LogP contribution >= 0.6 is 22.9 Å². The van der Waals surface area contributed by atoms with Crippen LogP contribution in [0.3, 0.4) is 0 Å². The minimum Gasteiger partial charge on any atom is -0.393 e. The maximum absolute atomic E-state index is 14.8. The Morgan fingerprint density at radius 2 is 1.94 bits per heavy atom. The van der Waals surface area contributed by atoms with Crippen molar-refractivity contribution < 1.29 is 14.3 Å². The summed E-state index contributed by atoms with van der Waals surface area (Å²) < 4.78 is 14.8. The third-order valence-corrected chi connectivity index (χ3v) is 7.81. The van der Waals surface area contributed by atoms with E-state index in [1.54, 1.807) is 28.5 Å². The summed E-state index contributed by atoms with van der Waals surface area (Å²) in [7, 11) is 0. The molecule has 0 spiro atoms. The number of pyridine rings is 1. The van der Waals surface area contributed by atoms with Crippen LogP contribution in [0, 0.1) is 0 Å². The number of carbonyl (C=O) groups excluding carboxylic acids is 1. The summed E-state index contributed by atoms with van der Waals surface area (Å²) in [6.45, 7) is 1.11. The van der Waals surface area contributed by atoms with Crippen molar-refractivity contribution in [3.8, 4) is 21.6 Å². The lowest BCUT2D eigenvalue weighted by Crippen LogP contribution is -2.40. The first-order valence-corrected chi connectivity index (χ1v) is 12.2. The van der Waals surface area contributed by atoms with E-state index >= 15 is 0 Å². The molecular weight excluding hydrogens is 447 g/mol. The van der Waals surface area contributed by atoms with Gasteiger partial charge in [0.05, 0.1) is 16.8 Å². The monoisotopic (exact) mass is 470 g/mol. The van der Waals surface area contributed by atoms with Crippen molar-refractivity contribution in [3.63, 3.8) is 0 Å². The number of rotatable bonds is 4. The first-order chi connectivity index (χ1) is 15.4. The molecule has 0 bridgehead atoms. The molecule has 1 aromatic carbocycles. The summed E-state index contributed by atoms with van der Waals surface area (Å²) in [5, 5.41) is 12.2. The zero-order valence-corrected chi connectivity index (χ0v) is 19.1. The molecule has 0 unspecified atom stereocenters. The third-order valence-electron chi connectivity index (χ3n) is 6.53. The predicted molar refractivity (Wildman–Crippen MR) is 126 cm³/mol. The van der Waals surface area contributed by atoms with E-state index in [4.69, 9.17) is 11.6 Å². The molecule has 3 aromatic rings. The molecule has 5 rings (SSSR count). The maximum atomic E-state index is 14.8. The van der Waals surface area contributed by atoms with Gasteiger partial charge >= 0.3 is 0 Å². The summed E-state index contributed by atoms with van der Waals surface area (Å²) in [4.78, 5) is 19.8. The number of hydrogen-bond donors (Lipinski definition) is 1. The Kier molecular flexibility index (Phi) is 5.78. The molecule has 2 aliphatic rings. The van der Waals surface area contributed by atoms with Crippen molar-refractivity contribution in [1.82, 2.24) is 9.88 Å². The Hall–Kier alpha value is -2.28. The van der Waals surface area contributed by atoms with Gasteiger partial charge in [-0.2, -0.15) is 0 Å². The number of likely N-dealkylation sites (tertiary alicyclic amines) is 1. The molecule has 7 heteroatoms. The van der Waals surface area contributed by atoms with Gasteiger partial charge in [0, 0.05) is 35.3 Å². The smallest absolute Gasteiger partial charge is 0.253 e. The predicted octanol–water partition coefficient (Wildman–Crippen LogP) is 6.08. The molecule has 4 nitrogen and oxygen atoms in total. The van der Waals surface area contributed by atoms with Crippen LogP contribution in [0.25, 0.3) is 21.6 Å². The van der Waals surface area contributed by atoms with Crippen molar-refractivity contribution in [2.45, 2.75) is 43.9 Å². The number of thiophene rings is 1. The lowest BCUT2D eigenvalue weighted by atomic mass is 9.79. The lowest BCUT2D eigenvalue weighted by molar-refractivity contribution is 0.0545. The van der Waals surface area contributed by atoms with Crippen LogP contribution in [0.2, 0.25) is 5.02 Å². The third kappa shape index (κ3) is 4.07. The average Bonchev–Trinajstić information content (AvgIpc) is 3.27. The molecule has 2 aromatic heterocycles. The van der Waals surface area contributed by atoms with Gasteiger partial charge in [0.15, 0.2) is 5.67 Å². The fraction of sp³-hybridized carbons (Fsp3) is 0.360. The summed E-state index contributed by atoms with van der Waals surface area (Å²) in [6.07, 6.45) is 4.55. The number of carbonyl (C=O) groups is 1. The zero-order chi connectivity index (χ0) is 22.3. The van der Waals surface area contributed by atoms with E-state index < -0.39 is 5.67 Å². The Labute approximate surface area is 195 Å².